The van der Waals surface area contributed by atoms with Crippen LogP contribution in [0, 0.1) is 6.92 Å². The molecule has 3 aromatic rings. The largest absolute Gasteiger partial charge is 0.481 e. The number of carboxylic acid groups (broad SMARTS) is 1. The number of hydrogen-bond acceptors (Lipinski definition) is 3. The van der Waals surface area contributed by atoms with Gasteiger partial charge in [-0.3, -0.25) is 9.78 Å². The lowest BCUT2D eigenvalue weighted by Crippen LogP contribution is -2.04. The summed E-state index contributed by atoms with van der Waals surface area (Å²) in [5.74, 6) is -0.359. The molecule has 4 nitrogen and oxygen atoms in total. The van der Waals surface area contributed by atoms with E-state index in [0.717, 1.165) is 18.7 Å². The van der Waals surface area contributed by atoms with Gasteiger partial charge in [0, 0.05) is 39.5 Å². The van der Waals surface area contributed by atoms with E-state index in [1.807, 2.05) is 6.20 Å². The monoisotopic (exact) mass is 380 g/mol. The van der Waals surface area contributed by atoms with E-state index in [9.17, 15) is 9.90 Å². The van der Waals surface area contributed by atoms with Crippen molar-refractivity contribution >= 4 is 28.6 Å². The van der Waals surface area contributed by atoms with E-state index in [1.54, 1.807) is 11.8 Å². The molecule has 0 saturated heterocycles. The van der Waals surface area contributed by atoms with Crippen molar-refractivity contribution in [2.24, 2.45) is 0 Å². The average Bonchev–Trinajstić information content (AvgIpc) is 3.16. The van der Waals surface area contributed by atoms with Crippen LogP contribution in [0.2, 0.25) is 0 Å². The minimum atomic E-state index is -0.729. The molecule has 0 fully saturated rings. The van der Waals surface area contributed by atoms with E-state index < -0.39 is 5.97 Å². The van der Waals surface area contributed by atoms with Gasteiger partial charge in [0.2, 0.25) is 0 Å². The van der Waals surface area contributed by atoms with Crippen LogP contribution in [0.25, 0.3) is 10.9 Å². The van der Waals surface area contributed by atoms with Gasteiger partial charge in [0.25, 0.3) is 0 Å². The number of benzene rings is 1. The van der Waals surface area contributed by atoms with Gasteiger partial charge in [0.1, 0.15) is 0 Å². The highest BCUT2D eigenvalue weighted by atomic mass is 32.2. The summed E-state index contributed by atoms with van der Waals surface area (Å²) in [6, 6.07) is 10.6. The molecule has 0 amide bonds. The van der Waals surface area contributed by atoms with Crippen molar-refractivity contribution in [2.75, 3.05) is 0 Å². The molecule has 1 aliphatic heterocycles. The molecular formula is C22H24N2O2S. The van der Waals surface area contributed by atoms with Crippen molar-refractivity contribution in [3.8, 4) is 0 Å². The Morgan fingerprint density at radius 2 is 2.04 bits per heavy atom. The van der Waals surface area contributed by atoms with Gasteiger partial charge in [0.05, 0.1) is 17.6 Å². The lowest BCUT2D eigenvalue weighted by molar-refractivity contribution is -0.137. The third-order valence-corrected chi connectivity index (χ3v) is 6.42. The SMILES string of the molecule is Cc1ccc(Sc2c3n(c4ccnc(C(C)C)c24)CCC3CC(=O)O)cc1. The third kappa shape index (κ3) is 3.25. The predicted octanol–water partition coefficient (Wildman–Crippen LogP) is 5.58. The smallest absolute Gasteiger partial charge is 0.304 e. The van der Waals surface area contributed by atoms with Crippen LogP contribution in [0.15, 0.2) is 46.3 Å². The molecule has 2 aromatic heterocycles. The summed E-state index contributed by atoms with van der Waals surface area (Å²) in [4.78, 5) is 18.5. The number of rotatable bonds is 5. The lowest BCUT2D eigenvalue weighted by Gasteiger charge is -2.12. The van der Waals surface area contributed by atoms with Gasteiger partial charge in [-0.1, -0.05) is 43.3 Å². The topological polar surface area (TPSA) is 55.1 Å². The number of carboxylic acids is 1. The maximum Gasteiger partial charge on any atom is 0.304 e. The van der Waals surface area contributed by atoms with E-state index in [4.69, 9.17) is 0 Å². The summed E-state index contributed by atoms with van der Waals surface area (Å²) >= 11 is 1.75. The van der Waals surface area contributed by atoms with Crippen LogP contribution in [0.4, 0.5) is 0 Å². The van der Waals surface area contributed by atoms with Crippen LogP contribution >= 0.6 is 11.8 Å². The van der Waals surface area contributed by atoms with E-state index in [-0.39, 0.29) is 12.3 Å². The van der Waals surface area contributed by atoms with Crippen molar-refractivity contribution in [3.05, 3.63) is 53.5 Å². The second kappa shape index (κ2) is 7.04. The van der Waals surface area contributed by atoms with Crippen LogP contribution in [-0.2, 0) is 11.3 Å². The minimum Gasteiger partial charge on any atom is -0.481 e. The first-order valence-corrected chi connectivity index (χ1v) is 10.2. The van der Waals surface area contributed by atoms with E-state index in [1.165, 1.54) is 32.0 Å². The molecule has 1 N–H and O–H groups in total. The van der Waals surface area contributed by atoms with Crippen LogP contribution < -0.4 is 0 Å². The molecule has 0 spiro atoms. The Morgan fingerprint density at radius 1 is 1.30 bits per heavy atom. The first-order chi connectivity index (χ1) is 13.0. The highest BCUT2D eigenvalue weighted by Gasteiger charge is 2.32. The van der Waals surface area contributed by atoms with Gasteiger partial charge in [-0.2, -0.15) is 0 Å². The van der Waals surface area contributed by atoms with Gasteiger partial charge in [-0.05, 0) is 37.5 Å². The van der Waals surface area contributed by atoms with Crippen LogP contribution in [0.3, 0.4) is 0 Å². The van der Waals surface area contributed by atoms with Crippen LogP contribution in [-0.4, -0.2) is 20.6 Å². The highest BCUT2D eigenvalue weighted by molar-refractivity contribution is 7.99. The second-order valence-corrected chi connectivity index (χ2v) is 8.69. The zero-order valence-corrected chi connectivity index (χ0v) is 16.7. The van der Waals surface area contributed by atoms with Crippen molar-refractivity contribution < 1.29 is 9.90 Å². The summed E-state index contributed by atoms with van der Waals surface area (Å²) in [6.07, 6.45) is 2.95. The van der Waals surface area contributed by atoms with E-state index >= 15 is 0 Å². The van der Waals surface area contributed by atoms with Crippen LogP contribution in [0.5, 0.6) is 0 Å². The number of fused-ring (bicyclic) bond motifs is 3. The molecule has 1 unspecified atom stereocenters. The first kappa shape index (κ1) is 18.1. The third-order valence-electron chi connectivity index (χ3n) is 5.30. The Balaban J connectivity index is 1.93. The van der Waals surface area contributed by atoms with Gasteiger partial charge >= 0.3 is 5.97 Å². The standard InChI is InChI=1S/C22H24N2O2S/c1-13(2)20-19-17(8-10-23-20)24-11-9-15(12-18(25)26)21(24)22(19)27-16-6-4-14(3)5-7-16/h4-8,10,13,15H,9,11-12H2,1-3H3,(H,25,26). The molecule has 5 heteroatoms. The molecule has 0 saturated carbocycles. The molecule has 4 rings (SSSR count). The second-order valence-electron chi connectivity index (χ2n) is 7.61. The fourth-order valence-electron chi connectivity index (χ4n) is 4.05. The van der Waals surface area contributed by atoms with Gasteiger partial charge in [0.15, 0.2) is 0 Å². The Hall–Kier alpha value is -2.27. The molecule has 1 atom stereocenters. The Bertz CT molecular complexity index is 1010. The lowest BCUT2D eigenvalue weighted by atomic mass is 9.99. The van der Waals surface area contributed by atoms with Crippen molar-refractivity contribution in [1.29, 1.82) is 0 Å². The fraction of sp³-hybridized carbons (Fsp3) is 0.364. The van der Waals surface area contributed by atoms with Crippen LogP contribution in [0.1, 0.15) is 55.5 Å². The van der Waals surface area contributed by atoms with Crippen molar-refractivity contribution in [1.82, 2.24) is 9.55 Å². The number of carbonyl (C=O) groups is 1. The van der Waals surface area contributed by atoms with Gasteiger partial charge in [-0.15, -0.1) is 0 Å². The zero-order valence-electron chi connectivity index (χ0n) is 15.9. The number of hydrogen-bond donors (Lipinski definition) is 1. The average molecular weight is 381 g/mol. The van der Waals surface area contributed by atoms with E-state index in [0.29, 0.717) is 5.92 Å². The fourth-order valence-corrected chi connectivity index (χ4v) is 5.25. The molecule has 140 valence electrons. The number of aryl methyl sites for hydroxylation is 2. The van der Waals surface area contributed by atoms with E-state index in [2.05, 4.69) is 60.7 Å². The quantitative estimate of drug-likeness (QED) is 0.628. The first-order valence-electron chi connectivity index (χ1n) is 9.43. The molecule has 27 heavy (non-hydrogen) atoms. The molecule has 1 aromatic carbocycles. The Kier molecular flexibility index (Phi) is 4.72. The molecule has 0 bridgehead atoms. The minimum absolute atomic E-state index is 0.0582. The Labute approximate surface area is 163 Å². The van der Waals surface area contributed by atoms with Crippen molar-refractivity contribution in [3.63, 3.8) is 0 Å². The highest BCUT2D eigenvalue weighted by Crippen LogP contribution is 2.48. The Morgan fingerprint density at radius 3 is 2.70 bits per heavy atom. The summed E-state index contributed by atoms with van der Waals surface area (Å²) in [5.41, 5.74) is 4.69. The summed E-state index contributed by atoms with van der Waals surface area (Å²) < 4.78 is 2.33. The summed E-state index contributed by atoms with van der Waals surface area (Å²) in [5, 5.41) is 10.6. The normalized spacial score (nSPS) is 16.2. The maximum atomic E-state index is 11.4. The molecule has 0 radical (unpaired) electrons. The molecule has 3 heterocycles. The number of nitrogens with zero attached hydrogens (tertiary/aromatic N) is 2. The molecule has 1 aliphatic rings. The number of aromatic nitrogens is 2. The maximum absolute atomic E-state index is 11.4. The van der Waals surface area contributed by atoms with Crippen molar-refractivity contribution in [2.45, 2.75) is 61.8 Å². The van der Waals surface area contributed by atoms with Gasteiger partial charge < -0.3 is 9.67 Å². The number of aliphatic carboxylic acids is 1. The predicted molar refractivity (Wildman–Crippen MR) is 109 cm³/mol. The van der Waals surface area contributed by atoms with Gasteiger partial charge in [-0.25, -0.2) is 0 Å². The molecular weight excluding hydrogens is 356 g/mol. The zero-order chi connectivity index (χ0) is 19.1. The molecule has 0 aliphatic carbocycles. The summed E-state index contributed by atoms with van der Waals surface area (Å²) in [7, 11) is 0. The number of pyridine rings is 1. The summed E-state index contributed by atoms with van der Waals surface area (Å²) in [6.45, 7) is 7.29.